The minimum absolute atomic E-state index is 0.183. The van der Waals surface area contributed by atoms with Gasteiger partial charge in [-0.15, -0.1) is 0 Å². The summed E-state index contributed by atoms with van der Waals surface area (Å²) in [5, 5.41) is 0.401. The number of rotatable bonds is 2. The summed E-state index contributed by atoms with van der Waals surface area (Å²) in [6, 6.07) is 12.7. The molecule has 2 unspecified atom stereocenters. The van der Waals surface area contributed by atoms with Crippen molar-refractivity contribution in [2.24, 2.45) is 15.7 Å². The number of imidazole rings is 1. The molecule has 0 aliphatic carbocycles. The Morgan fingerprint density at radius 1 is 1.06 bits per heavy atom. The van der Waals surface area contributed by atoms with E-state index in [0.717, 1.165) is 11.9 Å². The van der Waals surface area contributed by atoms with Crippen LogP contribution in [0.1, 0.15) is 35.5 Å². The number of amidine groups is 1. The zero-order valence-corrected chi connectivity index (χ0v) is 19.9. The number of halogens is 3. The first-order valence-electron chi connectivity index (χ1n) is 11.2. The van der Waals surface area contributed by atoms with Crippen molar-refractivity contribution in [1.29, 1.82) is 0 Å². The molecule has 2 N–H and O–H groups in total. The molecule has 0 saturated heterocycles. The van der Waals surface area contributed by atoms with Crippen LogP contribution in [0.15, 0.2) is 58.5 Å². The van der Waals surface area contributed by atoms with Crippen molar-refractivity contribution in [3.05, 3.63) is 82.9 Å². The van der Waals surface area contributed by atoms with Crippen LogP contribution in [0.4, 0.5) is 13.2 Å². The molecule has 5 nitrogen and oxygen atoms in total. The highest BCUT2D eigenvalue weighted by atomic mass is 31.1. The first-order chi connectivity index (χ1) is 16.9. The van der Waals surface area contributed by atoms with Gasteiger partial charge >= 0.3 is 0 Å². The van der Waals surface area contributed by atoms with E-state index < -0.39 is 19.6 Å². The molecule has 35 heavy (non-hydrogen) atoms. The minimum Gasteiger partial charge on any atom is -0.390 e. The van der Waals surface area contributed by atoms with Crippen LogP contribution in [0.25, 0.3) is 22.2 Å². The molecule has 6 rings (SSSR count). The number of aromatic nitrogens is 2. The highest BCUT2D eigenvalue weighted by Gasteiger charge is 2.40. The Hall–Kier alpha value is -3.51. The second kappa shape index (κ2) is 8.02. The monoisotopic (exact) mass is 491 g/mol. The molecule has 176 valence electrons. The highest BCUT2D eigenvalue weighted by molar-refractivity contribution is 7.64. The predicted molar refractivity (Wildman–Crippen MR) is 135 cm³/mol. The van der Waals surface area contributed by atoms with E-state index >= 15 is 8.78 Å². The topological polar surface area (TPSA) is 68.6 Å². The van der Waals surface area contributed by atoms with Crippen molar-refractivity contribution >= 4 is 36.4 Å². The molecule has 2 bridgehead atoms. The van der Waals surface area contributed by atoms with Crippen LogP contribution in [0, 0.1) is 17.5 Å². The second-order valence-electron chi connectivity index (χ2n) is 8.90. The molecule has 2 aliphatic heterocycles. The summed E-state index contributed by atoms with van der Waals surface area (Å²) >= 11 is 0. The summed E-state index contributed by atoms with van der Waals surface area (Å²) in [5.41, 5.74) is 8.71. The fraction of sp³-hybridized carbons (Fsp3) is 0.192. The average Bonchev–Trinajstić information content (AvgIpc) is 3.31. The third-order valence-electron chi connectivity index (χ3n) is 6.73. The molecular weight excluding hydrogens is 470 g/mol. The number of nitrogens with zero attached hydrogens (tertiary/aromatic N) is 4. The van der Waals surface area contributed by atoms with E-state index in [1.165, 1.54) is 6.07 Å². The Morgan fingerprint density at radius 3 is 2.66 bits per heavy atom. The normalized spacial score (nSPS) is 18.7. The molecule has 1 aromatic heterocycles. The third kappa shape index (κ3) is 3.23. The molecule has 0 radical (unpaired) electrons. The maximum atomic E-state index is 15.2. The Kier molecular flexibility index (Phi) is 5.04. The van der Waals surface area contributed by atoms with Crippen molar-refractivity contribution in [2.75, 3.05) is 13.3 Å². The zero-order chi connectivity index (χ0) is 24.4. The molecule has 0 spiro atoms. The maximum Gasteiger partial charge on any atom is 0.167 e. The predicted octanol–water partition coefficient (Wildman–Crippen LogP) is 5.27. The molecule has 0 fully saturated rings. The van der Waals surface area contributed by atoms with E-state index in [2.05, 4.69) is 4.99 Å². The molecule has 2 atom stereocenters. The van der Waals surface area contributed by atoms with Gasteiger partial charge in [-0.2, -0.15) is 0 Å². The van der Waals surface area contributed by atoms with Gasteiger partial charge in [0.25, 0.3) is 0 Å². The number of benzene rings is 3. The molecule has 0 saturated carbocycles. The largest absolute Gasteiger partial charge is 0.390 e. The van der Waals surface area contributed by atoms with E-state index in [1.807, 2.05) is 17.9 Å². The van der Waals surface area contributed by atoms with Crippen molar-refractivity contribution in [1.82, 2.24) is 9.55 Å². The van der Waals surface area contributed by atoms with Gasteiger partial charge in [0.1, 0.15) is 17.7 Å². The van der Waals surface area contributed by atoms with Crippen molar-refractivity contribution in [3.63, 3.8) is 0 Å². The molecule has 2 aliphatic rings. The van der Waals surface area contributed by atoms with Gasteiger partial charge in [0.2, 0.25) is 0 Å². The molecular formula is C26H21F3N5P. The molecule has 3 heterocycles. The van der Waals surface area contributed by atoms with Crippen LogP contribution >= 0.6 is 7.92 Å². The van der Waals surface area contributed by atoms with Crippen LogP contribution in [0.2, 0.25) is 0 Å². The summed E-state index contributed by atoms with van der Waals surface area (Å²) in [4.78, 5) is 13.7. The van der Waals surface area contributed by atoms with Crippen molar-refractivity contribution in [2.45, 2.75) is 18.5 Å². The lowest BCUT2D eigenvalue weighted by Crippen LogP contribution is -2.14. The van der Waals surface area contributed by atoms with Gasteiger partial charge < -0.3 is 10.3 Å². The van der Waals surface area contributed by atoms with Crippen molar-refractivity contribution in [3.8, 4) is 11.1 Å². The first-order valence-corrected chi connectivity index (χ1v) is 13.4. The summed E-state index contributed by atoms with van der Waals surface area (Å²) in [7, 11) is -0.776. The van der Waals surface area contributed by atoms with Gasteiger partial charge in [-0.3, -0.25) is 4.99 Å². The number of hydrogen-bond acceptors (Lipinski definition) is 3. The lowest BCUT2D eigenvalue weighted by molar-refractivity contribution is 0.517. The fourth-order valence-corrected chi connectivity index (χ4v) is 6.05. The summed E-state index contributed by atoms with van der Waals surface area (Å²) in [6.45, 7) is 3.78. The number of nitrogens with two attached hydrogens (primary N) is 1. The Morgan fingerprint density at radius 2 is 1.89 bits per heavy atom. The molecule has 9 heteroatoms. The highest BCUT2D eigenvalue weighted by Crippen LogP contribution is 2.47. The summed E-state index contributed by atoms with van der Waals surface area (Å²) < 4.78 is 47.0. The summed E-state index contributed by atoms with van der Waals surface area (Å²) in [6.07, 6.45) is 1.68. The average molecular weight is 491 g/mol. The van der Waals surface area contributed by atoms with Gasteiger partial charge in [-0.25, -0.2) is 23.1 Å². The smallest absolute Gasteiger partial charge is 0.167 e. The fourth-order valence-electron chi connectivity index (χ4n) is 5.19. The van der Waals surface area contributed by atoms with Crippen molar-refractivity contribution < 1.29 is 13.2 Å². The molecule has 0 amide bonds. The van der Waals surface area contributed by atoms with E-state index in [9.17, 15) is 4.39 Å². The molecule has 3 aromatic carbocycles. The maximum absolute atomic E-state index is 15.2. The Balaban J connectivity index is 1.56. The van der Waals surface area contributed by atoms with Gasteiger partial charge in [0.15, 0.2) is 17.5 Å². The quantitative estimate of drug-likeness (QED) is 0.236. The minimum atomic E-state index is -0.861. The Labute approximate surface area is 201 Å². The Bertz CT molecular complexity index is 1570. The van der Waals surface area contributed by atoms with Crippen LogP contribution in [-0.4, -0.2) is 35.1 Å². The van der Waals surface area contributed by atoms with Crippen LogP contribution in [0.5, 0.6) is 0 Å². The van der Waals surface area contributed by atoms with Crippen LogP contribution < -0.4 is 11.0 Å². The van der Waals surface area contributed by atoms with E-state index in [-0.39, 0.29) is 23.5 Å². The standard InChI is InChI=1S/C26H21F3N5P/c1-35(2)21-9-7-14(23(28)24(21)29)13-6-8-17-19(10-13)34-20-11-18(26(34)33-17)32-25(31-12-30)15-4-3-5-16(27)22(15)20/h3-10,12,18,20H,11H2,1-2H3,(H2,30,31,32). The van der Waals surface area contributed by atoms with Gasteiger partial charge in [-0.1, -0.05) is 38.3 Å². The van der Waals surface area contributed by atoms with Crippen LogP contribution in [-0.2, 0) is 0 Å². The summed E-state index contributed by atoms with van der Waals surface area (Å²) in [5.74, 6) is -0.968. The van der Waals surface area contributed by atoms with E-state index in [0.29, 0.717) is 45.6 Å². The SMILES string of the molecule is CP(C)c1ccc(-c2ccc3nc4n(c3c2)C2CC4N=C(N=CN)c3cccc(F)c32)c(F)c1F. The van der Waals surface area contributed by atoms with E-state index in [1.54, 1.807) is 42.5 Å². The number of fused-ring (bicyclic) bond motifs is 9. The van der Waals surface area contributed by atoms with E-state index in [4.69, 9.17) is 15.7 Å². The van der Waals surface area contributed by atoms with Crippen LogP contribution in [0.3, 0.4) is 0 Å². The van der Waals surface area contributed by atoms with Gasteiger partial charge in [-0.05, 0) is 37.1 Å². The number of hydrogen-bond donors (Lipinski definition) is 1. The first kappa shape index (κ1) is 22.0. The number of aliphatic imine (C=N–C) groups is 2. The molecule has 4 aromatic rings. The van der Waals surface area contributed by atoms with Gasteiger partial charge in [0.05, 0.1) is 23.4 Å². The lowest BCUT2D eigenvalue weighted by Gasteiger charge is -2.19. The third-order valence-corrected chi connectivity index (χ3v) is 8.04. The second-order valence-corrected chi connectivity index (χ2v) is 11.2. The lowest BCUT2D eigenvalue weighted by atomic mass is 9.97. The van der Waals surface area contributed by atoms with Gasteiger partial charge in [0, 0.05) is 28.4 Å². The zero-order valence-electron chi connectivity index (χ0n) is 19.0.